The van der Waals surface area contributed by atoms with Crippen LogP contribution in [0.25, 0.3) is 0 Å². The van der Waals surface area contributed by atoms with E-state index in [0.29, 0.717) is 11.3 Å². The zero-order valence-corrected chi connectivity index (χ0v) is 10.00. The van der Waals surface area contributed by atoms with Gasteiger partial charge in [0, 0.05) is 5.69 Å². The Morgan fingerprint density at radius 2 is 1.94 bits per heavy atom. The van der Waals surface area contributed by atoms with E-state index < -0.39 is 6.09 Å². The second-order valence-electron chi connectivity index (χ2n) is 4.03. The molecule has 0 aliphatic heterocycles. The molecular weight excluding hydrogens is 206 g/mol. The summed E-state index contributed by atoms with van der Waals surface area (Å²) in [5.74, 6) is 0.222. The van der Waals surface area contributed by atoms with Gasteiger partial charge in [-0.2, -0.15) is 0 Å². The molecule has 4 heteroatoms. The van der Waals surface area contributed by atoms with Crippen LogP contribution in [0.3, 0.4) is 0 Å². The molecule has 1 aromatic rings. The van der Waals surface area contributed by atoms with Gasteiger partial charge in [-0.05, 0) is 51.0 Å². The lowest BCUT2D eigenvalue weighted by Crippen LogP contribution is -2.18. The Balaban J connectivity index is 2.81. The molecule has 0 saturated carbocycles. The SMILES string of the molecule is Cc1cc(NC(=O)OC(C)C)c(C)cc1O. The lowest BCUT2D eigenvalue weighted by molar-refractivity contribution is 0.130. The molecule has 0 aliphatic rings. The van der Waals surface area contributed by atoms with Crippen molar-refractivity contribution in [1.82, 2.24) is 0 Å². The Hall–Kier alpha value is -1.71. The Labute approximate surface area is 95.2 Å². The van der Waals surface area contributed by atoms with E-state index in [0.717, 1.165) is 5.56 Å². The third-order valence-electron chi connectivity index (χ3n) is 2.12. The van der Waals surface area contributed by atoms with E-state index >= 15 is 0 Å². The number of ether oxygens (including phenoxy) is 1. The summed E-state index contributed by atoms with van der Waals surface area (Å²) in [6, 6.07) is 3.33. The van der Waals surface area contributed by atoms with Crippen molar-refractivity contribution in [2.75, 3.05) is 5.32 Å². The van der Waals surface area contributed by atoms with Crippen LogP contribution < -0.4 is 5.32 Å². The molecule has 2 N–H and O–H groups in total. The average Bonchev–Trinajstić information content (AvgIpc) is 2.12. The first-order chi connectivity index (χ1) is 7.40. The largest absolute Gasteiger partial charge is 0.508 e. The van der Waals surface area contributed by atoms with Crippen molar-refractivity contribution in [3.05, 3.63) is 23.3 Å². The summed E-state index contributed by atoms with van der Waals surface area (Å²) in [5.41, 5.74) is 2.16. The highest BCUT2D eigenvalue weighted by atomic mass is 16.6. The van der Waals surface area contributed by atoms with E-state index in [-0.39, 0.29) is 11.9 Å². The van der Waals surface area contributed by atoms with Gasteiger partial charge in [0.15, 0.2) is 0 Å². The number of nitrogens with one attached hydrogen (secondary N) is 1. The van der Waals surface area contributed by atoms with Crippen molar-refractivity contribution < 1.29 is 14.6 Å². The predicted molar refractivity (Wildman–Crippen MR) is 62.8 cm³/mol. The Bertz CT molecular complexity index is 399. The van der Waals surface area contributed by atoms with Crippen LogP contribution in [0.5, 0.6) is 5.75 Å². The number of rotatable bonds is 2. The smallest absolute Gasteiger partial charge is 0.411 e. The zero-order chi connectivity index (χ0) is 12.3. The summed E-state index contributed by atoms with van der Waals surface area (Å²) in [6.45, 7) is 7.15. The second-order valence-corrected chi connectivity index (χ2v) is 4.03. The van der Waals surface area contributed by atoms with Crippen molar-refractivity contribution in [3.8, 4) is 5.75 Å². The minimum Gasteiger partial charge on any atom is -0.508 e. The van der Waals surface area contributed by atoms with Crippen molar-refractivity contribution in [3.63, 3.8) is 0 Å². The lowest BCUT2D eigenvalue weighted by Gasteiger charge is -2.12. The van der Waals surface area contributed by atoms with Gasteiger partial charge < -0.3 is 9.84 Å². The summed E-state index contributed by atoms with van der Waals surface area (Å²) in [7, 11) is 0. The fourth-order valence-corrected chi connectivity index (χ4v) is 1.29. The third kappa shape index (κ3) is 3.15. The molecule has 1 amide bonds. The summed E-state index contributed by atoms with van der Waals surface area (Å²) < 4.78 is 4.97. The van der Waals surface area contributed by atoms with Crippen LogP contribution in [-0.2, 0) is 4.74 Å². The molecular formula is C12H17NO3. The molecule has 16 heavy (non-hydrogen) atoms. The number of hydrogen-bond acceptors (Lipinski definition) is 3. The molecule has 0 atom stereocenters. The first kappa shape index (κ1) is 12.4. The molecule has 4 nitrogen and oxygen atoms in total. The number of anilines is 1. The van der Waals surface area contributed by atoms with Gasteiger partial charge in [0.1, 0.15) is 5.75 Å². The fraction of sp³-hybridized carbons (Fsp3) is 0.417. The van der Waals surface area contributed by atoms with Crippen LogP contribution in [0.1, 0.15) is 25.0 Å². The summed E-state index contributed by atoms with van der Waals surface area (Å²) in [5, 5.41) is 12.1. The van der Waals surface area contributed by atoms with Crippen LogP contribution in [0.15, 0.2) is 12.1 Å². The number of carbonyl (C=O) groups excluding carboxylic acids is 1. The molecule has 1 rings (SSSR count). The third-order valence-corrected chi connectivity index (χ3v) is 2.12. The Kier molecular flexibility index (Phi) is 3.77. The first-order valence-corrected chi connectivity index (χ1v) is 5.18. The van der Waals surface area contributed by atoms with Gasteiger partial charge in [-0.15, -0.1) is 0 Å². The summed E-state index contributed by atoms with van der Waals surface area (Å²) in [4.78, 5) is 11.4. The number of hydrogen-bond donors (Lipinski definition) is 2. The van der Waals surface area contributed by atoms with E-state index in [4.69, 9.17) is 4.74 Å². The molecule has 0 aromatic heterocycles. The maximum Gasteiger partial charge on any atom is 0.411 e. The van der Waals surface area contributed by atoms with Crippen LogP contribution in [0.2, 0.25) is 0 Å². The highest BCUT2D eigenvalue weighted by molar-refractivity contribution is 5.86. The van der Waals surface area contributed by atoms with Gasteiger partial charge in [0.05, 0.1) is 6.10 Å². The zero-order valence-electron chi connectivity index (χ0n) is 10.00. The van der Waals surface area contributed by atoms with Crippen molar-refractivity contribution in [1.29, 1.82) is 0 Å². The quantitative estimate of drug-likeness (QED) is 0.758. The number of benzene rings is 1. The van der Waals surface area contributed by atoms with Gasteiger partial charge >= 0.3 is 6.09 Å². The molecule has 0 unspecified atom stereocenters. The maximum atomic E-state index is 11.4. The number of aromatic hydroxyl groups is 1. The molecule has 0 bridgehead atoms. The van der Waals surface area contributed by atoms with Gasteiger partial charge in [0.25, 0.3) is 0 Å². The average molecular weight is 223 g/mol. The molecule has 0 aliphatic carbocycles. The van der Waals surface area contributed by atoms with Crippen LogP contribution >= 0.6 is 0 Å². The van der Waals surface area contributed by atoms with E-state index in [1.54, 1.807) is 32.9 Å². The second kappa shape index (κ2) is 4.88. The normalized spacial score (nSPS) is 10.3. The van der Waals surface area contributed by atoms with Crippen molar-refractivity contribution in [2.24, 2.45) is 0 Å². The van der Waals surface area contributed by atoms with Crippen LogP contribution in [0, 0.1) is 13.8 Å². The number of amides is 1. The Morgan fingerprint density at radius 3 is 2.50 bits per heavy atom. The van der Waals surface area contributed by atoms with Gasteiger partial charge in [-0.1, -0.05) is 0 Å². The van der Waals surface area contributed by atoms with Gasteiger partial charge in [-0.3, -0.25) is 5.32 Å². The maximum absolute atomic E-state index is 11.4. The highest BCUT2D eigenvalue weighted by Gasteiger charge is 2.09. The Morgan fingerprint density at radius 1 is 1.31 bits per heavy atom. The topological polar surface area (TPSA) is 58.6 Å². The summed E-state index contributed by atoms with van der Waals surface area (Å²) >= 11 is 0. The molecule has 88 valence electrons. The molecule has 0 radical (unpaired) electrons. The molecule has 0 spiro atoms. The fourth-order valence-electron chi connectivity index (χ4n) is 1.29. The minimum absolute atomic E-state index is 0.154. The van der Waals surface area contributed by atoms with Crippen LogP contribution in [-0.4, -0.2) is 17.3 Å². The molecule has 0 saturated heterocycles. The lowest BCUT2D eigenvalue weighted by atomic mass is 10.1. The van der Waals surface area contributed by atoms with Crippen molar-refractivity contribution >= 4 is 11.8 Å². The van der Waals surface area contributed by atoms with Gasteiger partial charge in [-0.25, -0.2) is 4.79 Å². The van der Waals surface area contributed by atoms with E-state index in [9.17, 15) is 9.90 Å². The highest BCUT2D eigenvalue weighted by Crippen LogP contribution is 2.25. The molecule has 0 fully saturated rings. The van der Waals surface area contributed by atoms with E-state index in [2.05, 4.69) is 5.32 Å². The number of aryl methyl sites for hydroxylation is 2. The van der Waals surface area contributed by atoms with Crippen LogP contribution in [0.4, 0.5) is 10.5 Å². The van der Waals surface area contributed by atoms with E-state index in [1.807, 2.05) is 6.92 Å². The standard InChI is InChI=1S/C12H17NO3/c1-7(2)16-12(15)13-10-5-9(4)11(14)6-8(10)3/h5-7,14H,1-4H3,(H,13,15). The molecule has 1 aromatic carbocycles. The number of phenolic OH excluding ortho intramolecular Hbond substituents is 1. The summed E-state index contributed by atoms with van der Waals surface area (Å²) in [6.07, 6.45) is -0.637. The van der Waals surface area contributed by atoms with E-state index in [1.165, 1.54) is 0 Å². The number of phenols is 1. The predicted octanol–water partition coefficient (Wildman–Crippen LogP) is 2.97. The minimum atomic E-state index is -0.483. The number of carbonyl (C=O) groups is 1. The first-order valence-electron chi connectivity index (χ1n) is 5.18. The van der Waals surface area contributed by atoms with Crippen molar-refractivity contribution in [2.45, 2.75) is 33.8 Å². The van der Waals surface area contributed by atoms with Gasteiger partial charge in [0.2, 0.25) is 0 Å². The molecule has 0 heterocycles. The monoisotopic (exact) mass is 223 g/mol.